The third-order valence-corrected chi connectivity index (χ3v) is 3.90. The molecule has 15 heavy (non-hydrogen) atoms. The van der Waals surface area contributed by atoms with Gasteiger partial charge in [-0.25, -0.2) is 0 Å². The summed E-state index contributed by atoms with van der Waals surface area (Å²) in [7, 11) is 0. The van der Waals surface area contributed by atoms with Crippen molar-refractivity contribution in [1.29, 1.82) is 0 Å². The molecule has 0 aromatic rings. The van der Waals surface area contributed by atoms with Crippen LogP contribution >= 0.6 is 0 Å². The van der Waals surface area contributed by atoms with E-state index in [-0.39, 0.29) is 0 Å². The topological polar surface area (TPSA) is 15.3 Å². The summed E-state index contributed by atoms with van der Waals surface area (Å²) in [6, 6.07) is 0. The van der Waals surface area contributed by atoms with Crippen LogP contribution in [0.4, 0.5) is 0 Å². The molecule has 2 nitrogen and oxygen atoms in total. The molecule has 2 rings (SSSR count). The van der Waals surface area contributed by atoms with E-state index in [4.69, 9.17) is 0 Å². The van der Waals surface area contributed by atoms with Gasteiger partial charge >= 0.3 is 0 Å². The maximum absolute atomic E-state index is 3.48. The molecule has 1 aliphatic heterocycles. The van der Waals surface area contributed by atoms with Crippen LogP contribution in [0.15, 0.2) is 0 Å². The Morgan fingerprint density at radius 3 is 2.20 bits per heavy atom. The molecule has 0 spiro atoms. The lowest BCUT2D eigenvalue weighted by atomic mass is 9.89. The first-order valence-electron chi connectivity index (χ1n) is 6.88. The molecule has 0 aromatic carbocycles. The molecule has 2 heteroatoms. The van der Waals surface area contributed by atoms with Crippen LogP contribution in [-0.4, -0.2) is 37.6 Å². The Morgan fingerprint density at radius 1 is 0.867 bits per heavy atom. The van der Waals surface area contributed by atoms with Crippen molar-refractivity contribution in [2.45, 2.75) is 44.9 Å². The Morgan fingerprint density at radius 2 is 1.53 bits per heavy atom. The maximum atomic E-state index is 3.48. The number of nitrogens with zero attached hydrogens (tertiary/aromatic N) is 1. The second-order valence-electron chi connectivity index (χ2n) is 5.26. The predicted molar refractivity (Wildman–Crippen MR) is 65.1 cm³/mol. The van der Waals surface area contributed by atoms with Gasteiger partial charge in [-0.05, 0) is 57.8 Å². The van der Waals surface area contributed by atoms with Gasteiger partial charge in [-0.3, -0.25) is 0 Å². The van der Waals surface area contributed by atoms with E-state index in [1.54, 1.807) is 0 Å². The van der Waals surface area contributed by atoms with Crippen molar-refractivity contribution in [1.82, 2.24) is 10.2 Å². The second-order valence-corrected chi connectivity index (χ2v) is 5.26. The number of nitrogens with one attached hydrogen (secondary N) is 1. The summed E-state index contributed by atoms with van der Waals surface area (Å²) in [6.45, 7) is 6.48. The third-order valence-electron chi connectivity index (χ3n) is 3.90. The van der Waals surface area contributed by atoms with Crippen LogP contribution in [0.1, 0.15) is 44.9 Å². The predicted octanol–water partition coefficient (Wildman–Crippen LogP) is 2.25. The first-order chi connectivity index (χ1) is 7.45. The average Bonchev–Trinajstić information content (AvgIpc) is 2.23. The standard InChI is InChI=1S/C13H26N2/c1-2-6-13(7-3-1)12-15-10-4-8-14-9-5-11-15/h13-14H,1-12H2. The summed E-state index contributed by atoms with van der Waals surface area (Å²) in [5.74, 6) is 1.02. The third kappa shape index (κ3) is 4.12. The fourth-order valence-electron chi connectivity index (χ4n) is 3.01. The van der Waals surface area contributed by atoms with E-state index in [1.807, 2.05) is 0 Å². The molecule has 1 saturated carbocycles. The van der Waals surface area contributed by atoms with E-state index < -0.39 is 0 Å². The molecule has 2 aliphatic rings. The van der Waals surface area contributed by atoms with E-state index in [0.29, 0.717) is 0 Å². The molecule has 0 bridgehead atoms. The van der Waals surface area contributed by atoms with Gasteiger partial charge in [0.05, 0.1) is 0 Å². The van der Waals surface area contributed by atoms with Crippen LogP contribution < -0.4 is 5.32 Å². The zero-order valence-corrected chi connectivity index (χ0v) is 10.0. The van der Waals surface area contributed by atoms with Gasteiger partial charge in [0.15, 0.2) is 0 Å². The smallest absolute Gasteiger partial charge is 0.000967 e. The van der Waals surface area contributed by atoms with Gasteiger partial charge < -0.3 is 10.2 Å². The van der Waals surface area contributed by atoms with E-state index >= 15 is 0 Å². The maximum Gasteiger partial charge on any atom is 0.000967 e. The molecule has 88 valence electrons. The molecule has 0 radical (unpaired) electrons. The second kappa shape index (κ2) is 6.49. The van der Waals surface area contributed by atoms with Crippen molar-refractivity contribution in [2.75, 3.05) is 32.7 Å². The van der Waals surface area contributed by atoms with Crippen LogP contribution in [0.5, 0.6) is 0 Å². The van der Waals surface area contributed by atoms with Crippen molar-refractivity contribution in [3.05, 3.63) is 0 Å². The molecule has 0 aromatic heterocycles. The highest BCUT2D eigenvalue weighted by Crippen LogP contribution is 2.24. The van der Waals surface area contributed by atoms with Crippen molar-refractivity contribution in [2.24, 2.45) is 5.92 Å². The van der Waals surface area contributed by atoms with Gasteiger partial charge in [0.1, 0.15) is 0 Å². The van der Waals surface area contributed by atoms with Crippen LogP contribution in [0.2, 0.25) is 0 Å². The van der Waals surface area contributed by atoms with E-state index in [1.165, 1.54) is 77.7 Å². The van der Waals surface area contributed by atoms with Gasteiger partial charge in [0.25, 0.3) is 0 Å². The number of hydrogen-bond acceptors (Lipinski definition) is 2. The van der Waals surface area contributed by atoms with Crippen LogP contribution in [0.3, 0.4) is 0 Å². The SMILES string of the molecule is C1CCC(CN2CCCNCCC2)CC1. The first kappa shape index (κ1) is 11.4. The zero-order chi connectivity index (χ0) is 10.3. The van der Waals surface area contributed by atoms with E-state index in [2.05, 4.69) is 10.2 Å². The highest BCUT2D eigenvalue weighted by Gasteiger charge is 2.17. The summed E-state index contributed by atoms with van der Waals surface area (Å²) < 4.78 is 0. The summed E-state index contributed by atoms with van der Waals surface area (Å²) in [5.41, 5.74) is 0. The minimum atomic E-state index is 1.02. The Bertz CT molecular complexity index is 156. The van der Waals surface area contributed by atoms with E-state index in [9.17, 15) is 0 Å². The summed E-state index contributed by atoms with van der Waals surface area (Å²) in [5, 5.41) is 3.48. The van der Waals surface area contributed by atoms with Crippen molar-refractivity contribution in [3.8, 4) is 0 Å². The lowest BCUT2D eigenvalue weighted by molar-refractivity contribution is 0.190. The zero-order valence-electron chi connectivity index (χ0n) is 10.0. The van der Waals surface area contributed by atoms with Gasteiger partial charge in [-0.15, -0.1) is 0 Å². The Hall–Kier alpha value is -0.0800. The molecule has 0 amide bonds. The average molecular weight is 210 g/mol. The van der Waals surface area contributed by atoms with E-state index in [0.717, 1.165) is 5.92 Å². The molecule has 0 unspecified atom stereocenters. The largest absolute Gasteiger partial charge is 0.317 e. The molecule has 2 fully saturated rings. The number of hydrogen-bond donors (Lipinski definition) is 1. The Kier molecular flexibility index (Phi) is 4.94. The normalized spacial score (nSPS) is 27.2. The fourth-order valence-corrected chi connectivity index (χ4v) is 3.01. The molecule has 1 N–H and O–H groups in total. The monoisotopic (exact) mass is 210 g/mol. The summed E-state index contributed by atoms with van der Waals surface area (Å²) >= 11 is 0. The lowest BCUT2D eigenvalue weighted by Crippen LogP contribution is -2.37. The first-order valence-corrected chi connectivity index (χ1v) is 6.88. The van der Waals surface area contributed by atoms with Gasteiger partial charge in [0, 0.05) is 6.54 Å². The van der Waals surface area contributed by atoms with Gasteiger partial charge in [-0.2, -0.15) is 0 Å². The minimum absolute atomic E-state index is 1.02. The van der Waals surface area contributed by atoms with Crippen molar-refractivity contribution >= 4 is 0 Å². The fraction of sp³-hybridized carbons (Fsp3) is 1.00. The van der Waals surface area contributed by atoms with Crippen LogP contribution in [-0.2, 0) is 0 Å². The molecular formula is C13H26N2. The van der Waals surface area contributed by atoms with Crippen molar-refractivity contribution < 1.29 is 0 Å². The molecule has 1 heterocycles. The Balaban J connectivity index is 1.70. The quantitative estimate of drug-likeness (QED) is 0.752. The highest BCUT2D eigenvalue weighted by atomic mass is 15.1. The van der Waals surface area contributed by atoms with Crippen LogP contribution in [0, 0.1) is 5.92 Å². The lowest BCUT2D eigenvalue weighted by Gasteiger charge is -2.31. The minimum Gasteiger partial charge on any atom is -0.317 e. The molecule has 0 atom stereocenters. The summed E-state index contributed by atoms with van der Waals surface area (Å²) in [6.07, 6.45) is 10.1. The number of rotatable bonds is 2. The van der Waals surface area contributed by atoms with Crippen LogP contribution in [0.25, 0.3) is 0 Å². The highest BCUT2D eigenvalue weighted by molar-refractivity contribution is 4.72. The Labute approximate surface area is 94.4 Å². The molecule has 1 saturated heterocycles. The molecule has 1 aliphatic carbocycles. The van der Waals surface area contributed by atoms with Gasteiger partial charge in [-0.1, -0.05) is 19.3 Å². The molecular weight excluding hydrogens is 184 g/mol. The van der Waals surface area contributed by atoms with Gasteiger partial charge in [0.2, 0.25) is 0 Å². The van der Waals surface area contributed by atoms with Crippen molar-refractivity contribution in [3.63, 3.8) is 0 Å². The summed E-state index contributed by atoms with van der Waals surface area (Å²) in [4.78, 5) is 2.72.